The zero-order valence-electron chi connectivity index (χ0n) is 15.0. The number of thioether (sulfide) groups is 1. The van der Waals surface area contributed by atoms with Crippen LogP contribution in [0.25, 0.3) is 0 Å². The minimum atomic E-state index is -0.495. The van der Waals surface area contributed by atoms with E-state index < -0.39 is 18.5 Å². The molecule has 2 N–H and O–H groups in total. The van der Waals surface area contributed by atoms with Gasteiger partial charge in [-0.1, -0.05) is 6.07 Å². The van der Waals surface area contributed by atoms with Crippen LogP contribution in [0.4, 0.5) is 5.69 Å². The van der Waals surface area contributed by atoms with Gasteiger partial charge in [0.25, 0.3) is 11.8 Å². The van der Waals surface area contributed by atoms with Crippen LogP contribution in [-0.4, -0.2) is 44.3 Å². The van der Waals surface area contributed by atoms with Crippen molar-refractivity contribution < 1.29 is 23.9 Å². The van der Waals surface area contributed by atoms with Crippen LogP contribution in [-0.2, 0) is 14.3 Å². The number of rotatable bonds is 8. The molecule has 0 atom stereocenters. The molecule has 0 heterocycles. The van der Waals surface area contributed by atoms with Crippen molar-refractivity contribution in [2.75, 3.05) is 31.8 Å². The highest BCUT2D eigenvalue weighted by atomic mass is 32.2. The standard InChI is InChI=1S/C19H20N2O5S/c1-20-19(24)13-4-3-5-14(10-13)21-17(22)11-26-18(23)12-27-16-8-6-15(25-2)7-9-16/h3-10H,11-12H2,1-2H3,(H,20,24)(H,21,22). The van der Waals surface area contributed by atoms with Crippen LogP contribution in [0, 0.1) is 0 Å². The Balaban J connectivity index is 1.76. The predicted molar refractivity (Wildman–Crippen MR) is 103 cm³/mol. The molecule has 0 aliphatic rings. The molecule has 0 unspecified atom stereocenters. The Bertz CT molecular complexity index is 808. The fourth-order valence-electron chi connectivity index (χ4n) is 2.08. The molecular formula is C19H20N2O5S. The zero-order chi connectivity index (χ0) is 19.6. The number of benzene rings is 2. The van der Waals surface area contributed by atoms with Gasteiger partial charge >= 0.3 is 5.97 Å². The van der Waals surface area contributed by atoms with E-state index in [4.69, 9.17) is 9.47 Å². The number of amides is 2. The van der Waals surface area contributed by atoms with Gasteiger partial charge in [-0.3, -0.25) is 14.4 Å². The first-order valence-electron chi connectivity index (χ1n) is 8.06. The number of hydrogen-bond acceptors (Lipinski definition) is 6. The van der Waals surface area contributed by atoms with Crippen LogP contribution in [0.1, 0.15) is 10.4 Å². The van der Waals surface area contributed by atoms with Gasteiger partial charge in [-0.15, -0.1) is 11.8 Å². The molecule has 2 aromatic carbocycles. The minimum absolute atomic E-state index is 0.0891. The lowest BCUT2D eigenvalue weighted by Gasteiger charge is -2.08. The third-order valence-electron chi connectivity index (χ3n) is 3.42. The third-order valence-corrected chi connectivity index (χ3v) is 4.40. The highest BCUT2D eigenvalue weighted by Gasteiger charge is 2.10. The Hall–Kier alpha value is -3.00. The summed E-state index contributed by atoms with van der Waals surface area (Å²) in [5, 5.41) is 5.09. The summed E-state index contributed by atoms with van der Waals surface area (Å²) < 4.78 is 10.0. The molecule has 2 aromatic rings. The number of ether oxygens (including phenoxy) is 2. The fourth-order valence-corrected chi connectivity index (χ4v) is 2.78. The number of hydrogen-bond donors (Lipinski definition) is 2. The summed E-state index contributed by atoms with van der Waals surface area (Å²) >= 11 is 1.30. The molecule has 2 rings (SSSR count). The largest absolute Gasteiger partial charge is 0.497 e. The van der Waals surface area contributed by atoms with Crippen molar-refractivity contribution in [1.82, 2.24) is 5.32 Å². The number of carbonyl (C=O) groups excluding carboxylic acids is 3. The van der Waals surface area contributed by atoms with Crippen LogP contribution in [0.2, 0.25) is 0 Å². The Morgan fingerprint density at radius 3 is 2.48 bits per heavy atom. The summed E-state index contributed by atoms with van der Waals surface area (Å²) in [6, 6.07) is 13.7. The number of methoxy groups -OCH3 is 1. The molecule has 0 aliphatic carbocycles. The van der Waals surface area contributed by atoms with Crippen molar-refractivity contribution in [2.45, 2.75) is 4.90 Å². The topological polar surface area (TPSA) is 93.7 Å². The minimum Gasteiger partial charge on any atom is -0.497 e. The van der Waals surface area contributed by atoms with Crippen LogP contribution in [0.5, 0.6) is 5.75 Å². The molecule has 0 fully saturated rings. The maximum Gasteiger partial charge on any atom is 0.316 e. The monoisotopic (exact) mass is 388 g/mol. The molecular weight excluding hydrogens is 368 g/mol. The van der Waals surface area contributed by atoms with Crippen molar-refractivity contribution in [3.63, 3.8) is 0 Å². The molecule has 0 aromatic heterocycles. The number of nitrogens with one attached hydrogen (secondary N) is 2. The molecule has 142 valence electrons. The Kier molecular flexibility index (Phi) is 7.69. The maximum atomic E-state index is 11.9. The average molecular weight is 388 g/mol. The summed E-state index contributed by atoms with van der Waals surface area (Å²) in [6.07, 6.45) is 0. The van der Waals surface area contributed by atoms with Gasteiger partial charge in [0.2, 0.25) is 0 Å². The lowest BCUT2D eigenvalue weighted by atomic mass is 10.2. The summed E-state index contributed by atoms with van der Waals surface area (Å²) in [5.41, 5.74) is 0.868. The first kappa shape index (κ1) is 20.3. The maximum absolute atomic E-state index is 11.9. The van der Waals surface area contributed by atoms with E-state index in [1.807, 2.05) is 12.1 Å². The number of esters is 1. The van der Waals surface area contributed by atoms with Crippen LogP contribution in [0.15, 0.2) is 53.4 Å². The Labute approximate surface area is 161 Å². The second-order valence-electron chi connectivity index (χ2n) is 5.33. The van der Waals surface area contributed by atoms with E-state index in [2.05, 4.69) is 10.6 Å². The first-order valence-corrected chi connectivity index (χ1v) is 9.05. The van der Waals surface area contributed by atoms with Crippen molar-refractivity contribution in [3.05, 3.63) is 54.1 Å². The fraction of sp³-hybridized carbons (Fsp3) is 0.211. The lowest BCUT2D eigenvalue weighted by Crippen LogP contribution is -2.22. The summed E-state index contributed by atoms with van der Waals surface area (Å²) in [7, 11) is 3.11. The van der Waals surface area contributed by atoms with Gasteiger partial charge in [-0.2, -0.15) is 0 Å². The second-order valence-corrected chi connectivity index (χ2v) is 6.38. The van der Waals surface area contributed by atoms with Gasteiger partial charge in [-0.25, -0.2) is 0 Å². The number of anilines is 1. The summed E-state index contributed by atoms with van der Waals surface area (Å²) in [6.45, 7) is -0.397. The quantitative estimate of drug-likeness (QED) is 0.533. The molecule has 0 aliphatic heterocycles. The van der Waals surface area contributed by atoms with Crippen molar-refractivity contribution >= 4 is 35.2 Å². The van der Waals surface area contributed by atoms with Gasteiger partial charge in [0, 0.05) is 23.2 Å². The highest BCUT2D eigenvalue weighted by molar-refractivity contribution is 8.00. The molecule has 0 saturated carbocycles. The van der Waals surface area contributed by atoms with E-state index in [-0.39, 0.29) is 11.7 Å². The molecule has 0 saturated heterocycles. The molecule has 2 amide bonds. The third kappa shape index (κ3) is 6.67. The highest BCUT2D eigenvalue weighted by Crippen LogP contribution is 2.21. The molecule has 0 spiro atoms. The SMILES string of the molecule is CNC(=O)c1cccc(NC(=O)COC(=O)CSc2ccc(OC)cc2)c1. The van der Waals surface area contributed by atoms with E-state index >= 15 is 0 Å². The van der Waals surface area contributed by atoms with E-state index in [0.717, 1.165) is 10.6 Å². The Morgan fingerprint density at radius 2 is 1.81 bits per heavy atom. The lowest BCUT2D eigenvalue weighted by molar-refractivity contribution is -0.144. The first-order chi connectivity index (χ1) is 13.0. The van der Waals surface area contributed by atoms with Crippen LogP contribution in [0.3, 0.4) is 0 Å². The van der Waals surface area contributed by atoms with Gasteiger partial charge < -0.3 is 20.1 Å². The Morgan fingerprint density at radius 1 is 1.07 bits per heavy atom. The zero-order valence-corrected chi connectivity index (χ0v) is 15.8. The smallest absolute Gasteiger partial charge is 0.316 e. The summed E-state index contributed by atoms with van der Waals surface area (Å²) in [4.78, 5) is 36.2. The van der Waals surface area contributed by atoms with E-state index in [0.29, 0.717) is 11.3 Å². The normalized spacial score (nSPS) is 10.0. The van der Waals surface area contributed by atoms with Crippen molar-refractivity contribution in [1.29, 1.82) is 0 Å². The van der Waals surface area contributed by atoms with E-state index in [1.165, 1.54) is 24.9 Å². The molecule has 0 bridgehead atoms. The van der Waals surface area contributed by atoms with Crippen molar-refractivity contribution in [3.8, 4) is 5.75 Å². The van der Waals surface area contributed by atoms with Gasteiger partial charge in [0.1, 0.15) is 5.75 Å². The van der Waals surface area contributed by atoms with E-state index in [9.17, 15) is 14.4 Å². The number of carbonyl (C=O) groups is 3. The van der Waals surface area contributed by atoms with Crippen molar-refractivity contribution in [2.24, 2.45) is 0 Å². The van der Waals surface area contributed by atoms with Gasteiger partial charge in [-0.05, 0) is 42.5 Å². The molecule has 7 nitrogen and oxygen atoms in total. The van der Waals surface area contributed by atoms with Crippen LogP contribution >= 0.6 is 11.8 Å². The van der Waals surface area contributed by atoms with Crippen LogP contribution < -0.4 is 15.4 Å². The predicted octanol–water partition coefficient (Wildman–Crippen LogP) is 2.33. The molecule has 27 heavy (non-hydrogen) atoms. The van der Waals surface area contributed by atoms with Gasteiger partial charge in [0.15, 0.2) is 6.61 Å². The summed E-state index contributed by atoms with van der Waals surface area (Å²) in [5.74, 6) is -0.407. The van der Waals surface area contributed by atoms with E-state index in [1.54, 1.807) is 37.4 Å². The second kappa shape index (κ2) is 10.2. The molecule has 8 heteroatoms. The van der Waals surface area contributed by atoms with Gasteiger partial charge in [0.05, 0.1) is 12.9 Å². The molecule has 0 radical (unpaired) electrons. The average Bonchev–Trinajstić information content (AvgIpc) is 2.70.